The van der Waals surface area contributed by atoms with Crippen molar-refractivity contribution >= 4 is 28.6 Å². The molecule has 31 heavy (non-hydrogen) atoms. The van der Waals surface area contributed by atoms with Gasteiger partial charge in [0, 0.05) is 37.6 Å². The normalized spacial score (nSPS) is 18.5. The number of hydrogen-bond donors (Lipinski definition) is 2. The predicted molar refractivity (Wildman–Crippen MR) is 127 cm³/mol. The number of fused-ring (bicyclic) bond motifs is 1. The molecule has 0 unspecified atom stereocenters. The molecule has 0 saturated heterocycles. The van der Waals surface area contributed by atoms with Crippen LogP contribution in [0.25, 0.3) is 10.9 Å². The number of nitrogens with zero attached hydrogens (tertiary/aromatic N) is 3. The lowest BCUT2D eigenvalue weighted by Gasteiger charge is -2.29. The maximum Gasteiger partial charge on any atom is 0.251 e. The number of benzene rings is 2. The largest absolute Gasteiger partial charge is 0.362 e. The van der Waals surface area contributed by atoms with Gasteiger partial charge in [0.15, 0.2) is 0 Å². The Hall–Kier alpha value is -3.15. The lowest BCUT2D eigenvalue weighted by atomic mass is 9.86. The van der Waals surface area contributed by atoms with E-state index in [1.54, 1.807) is 0 Å². The van der Waals surface area contributed by atoms with Crippen molar-refractivity contribution in [2.24, 2.45) is 5.92 Å². The van der Waals surface area contributed by atoms with Crippen LogP contribution in [0.5, 0.6) is 0 Å². The molecule has 2 aromatic carbocycles. The van der Waals surface area contributed by atoms with Crippen molar-refractivity contribution in [3.63, 3.8) is 0 Å². The second-order valence-electron chi connectivity index (χ2n) is 8.72. The Bertz CT molecular complexity index is 1060. The molecule has 0 atom stereocenters. The summed E-state index contributed by atoms with van der Waals surface area (Å²) in [5.74, 6) is 2.16. The van der Waals surface area contributed by atoms with Gasteiger partial charge in [-0.05, 0) is 62.8 Å². The summed E-state index contributed by atoms with van der Waals surface area (Å²) in [4.78, 5) is 23.9. The van der Waals surface area contributed by atoms with Gasteiger partial charge in [-0.15, -0.1) is 0 Å². The summed E-state index contributed by atoms with van der Waals surface area (Å²) in [6, 6.07) is 16.2. The molecule has 1 heterocycles. The van der Waals surface area contributed by atoms with E-state index in [2.05, 4.69) is 16.7 Å². The van der Waals surface area contributed by atoms with Crippen molar-refractivity contribution in [3.8, 4) is 0 Å². The smallest absolute Gasteiger partial charge is 0.251 e. The first-order chi connectivity index (χ1) is 15.0. The predicted octanol–water partition coefficient (Wildman–Crippen LogP) is 4.40. The number of carbonyl (C=O) groups excluding carboxylic acids is 1. The second-order valence-corrected chi connectivity index (χ2v) is 8.72. The first-order valence-electron chi connectivity index (χ1n) is 11.0. The molecular weight excluding hydrogens is 386 g/mol. The fraction of sp³-hybridized carbons (Fsp3) is 0.400. The fourth-order valence-corrected chi connectivity index (χ4v) is 4.28. The molecule has 3 aromatic rings. The molecule has 6 heteroatoms. The molecule has 1 amide bonds. The quantitative estimate of drug-likeness (QED) is 0.622. The Morgan fingerprint density at radius 2 is 1.81 bits per heavy atom. The van der Waals surface area contributed by atoms with Crippen molar-refractivity contribution in [2.75, 3.05) is 30.9 Å². The van der Waals surface area contributed by atoms with E-state index in [0.717, 1.165) is 60.1 Å². The summed E-state index contributed by atoms with van der Waals surface area (Å²) in [6.45, 7) is 2.74. The summed E-state index contributed by atoms with van der Waals surface area (Å²) >= 11 is 0. The number of amides is 1. The van der Waals surface area contributed by atoms with Crippen molar-refractivity contribution in [3.05, 3.63) is 59.7 Å². The third kappa shape index (κ3) is 5.13. The van der Waals surface area contributed by atoms with E-state index in [0.29, 0.717) is 17.9 Å². The molecule has 0 aliphatic heterocycles. The number of nitrogens with one attached hydrogen (secondary N) is 2. The molecule has 1 aliphatic carbocycles. The SMILES string of the molecule is Cc1cccc(C(=O)NCC2CCC(Nc3nc(N(C)C)c4ccccc4n3)CC2)c1. The molecule has 162 valence electrons. The number of aryl methyl sites for hydroxylation is 1. The molecule has 0 spiro atoms. The van der Waals surface area contributed by atoms with Gasteiger partial charge in [0.2, 0.25) is 5.95 Å². The van der Waals surface area contributed by atoms with Gasteiger partial charge in [-0.1, -0.05) is 29.8 Å². The molecule has 1 aromatic heterocycles. The average Bonchev–Trinajstić information content (AvgIpc) is 2.77. The lowest BCUT2D eigenvalue weighted by molar-refractivity contribution is 0.0943. The molecule has 6 nitrogen and oxygen atoms in total. The van der Waals surface area contributed by atoms with Crippen LogP contribution in [0.15, 0.2) is 48.5 Å². The summed E-state index contributed by atoms with van der Waals surface area (Å²) in [5.41, 5.74) is 2.80. The number of hydrogen-bond acceptors (Lipinski definition) is 5. The minimum absolute atomic E-state index is 0.0183. The first kappa shape index (κ1) is 21.1. The third-order valence-corrected chi connectivity index (χ3v) is 6.02. The van der Waals surface area contributed by atoms with Gasteiger partial charge in [0.25, 0.3) is 5.91 Å². The number of anilines is 2. The zero-order chi connectivity index (χ0) is 21.8. The topological polar surface area (TPSA) is 70.2 Å². The Labute approximate surface area is 184 Å². The highest BCUT2D eigenvalue weighted by atomic mass is 16.1. The molecule has 1 saturated carbocycles. The van der Waals surface area contributed by atoms with Crippen LogP contribution >= 0.6 is 0 Å². The van der Waals surface area contributed by atoms with E-state index < -0.39 is 0 Å². The monoisotopic (exact) mass is 417 g/mol. The van der Waals surface area contributed by atoms with Crippen molar-refractivity contribution in [2.45, 2.75) is 38.6 Å². The Morgan fingerprint density at radius 3 is 2.55 bits per heavy atom. The Balaban J connectivity index is 1.32. The van der Waals surface area contributed by atoms with Crippen LogP contribution in [-0.4, -0.2) is 42.6 Å². The number of rotatable bonds is 6. The summed E-state index contributed by atoms with van der Waals surface area (Å²) in [7, 11) is 4.02. The fourth-order valence-electron chi connectivity index (χ4n) is 4.28. The highest BCUT2D eigenvalue weighted by Crippen LogP contribution is 2.28. The molecule has 4 rings (SSSR count). The van der Waals surface area contributed by atoms with Crippen molar-refractivity contribution in [1.29, 1.82) is 0 Å². The van der Waals surface area contributed by atoms with E-state index in [9.17, 15) is 4.79 Å². The van der Waals surface area contributed by atoms with Crippen LogP contribution in [0.3, 0.4) is 0 Å². The van der Waals surface area contributed by atoms with E-state index >= 15 is 0 Å². The van der Waals surface area contributed by atoms with Gasteiger partial charge < -0.3 is 15.5 Å². The van der Waals surface area contributed by atoms with Crippen LogP contribution in [0.2, 0.25) is 0 Å². The van der Waals surface area contributed by atoms with Gasteiger partial charge in [-0.2, -0.15) is 4.98 Å². The minimum atomic E-state index is 0.0183. The second kappa shape index (κ2) is 9.33. The zero-order valence-electron chi connectivity index (χ0n) is 18.6. The minimum Gasteiger partial charge on any atom is -0.362 e. The van der Waals surface area contributed by atoms with E-state index in [1.165, 1.54) is 0 Å². The van der Waals surface area contributed by atoms with E-state index in [-0.39, 0.29) is 5.91 Å². The molecule has 1 aliphatic rings. The van der Waals surface area contributed by atoms with Gasteiger partial charge in [-0.3, -0.25) is 4.79 Å². The van der Waals surface area contributed by atoms with Gasteiger partial charge >= 0.3 is 0 Å². The van der Waals surface area contributed by atoms with Crippen LogP contribution < -0.4 is 15.5 Å². The molecule has 0 radical (unpaired) electrons. The van der Waals surface area contributed by atoms with E-state index in [1.807, 2.05) is 68.4 Å². The van der Waals surface area contributed by atoms with Gasteiger partial charge in [0.1, 0.15) is 5.82 Å². The maximum absolute atomic E-state index is 12.4. The zero-order valence-corrected chi connectivity index (χ0v) is 18.6. The Kier molecular flexibility index (Phi) is 6.35. The maximum atomic E-state index is 12.4. The molecule has 1 fully saturated rings. The van der Waals surface area contributed by atoms with Crippen molar-refractivity contribution in [1.82, 2.24) is 15.3 Å². The molecular formula is C25H31N5O. The Morgan fingerprint density at radius 1 is 1.03 bits per heavy atom. The number of para-hydroxylation sites is 1. The highest BCUT2D eigenvalue weighted by Gasteiger charge is 2.23. The number of aromatic nitrogens is 2. The average molecular weight is 418 g/mol. The van der Waals surface area contributed by atoms with E-state index in [4.69, 9.17) is 9.97 Å². The molecule has 0 bridgehead atoms. The third-order valence-electron chi connectivity index (χ3n) is 6.02. The highest BCUT2D eigenvalue weighted by molar-refractivity contribution is 5.94. The summed E-state index contributed by atoms with van der Waals surface area (Å²) in [6.07, 6.45) is 4.27. The van der Waals surface area contributed by atoms with Crippen LogP contribution in [0.1, 0.15) is 41.6 Å². The van der Waals surface area contributed by atoms with Crippen LogP contribution in [0, 0.1) is 12.8 Å². The van der Waals surface area contributed by atoms with Crippen molar-refractivity contribution < 1.29 is 4.79 Å². The van der Waals surface area contributed by atoms with Crippen LogP contribution in [-0.2, 0) is 0 Å². The molecule has 2 N–H and O–H groups in total. The first-order valence-corrected chi connectivity index (χ1v) is 11.0. The summed E-state index contributed by atoms with van der Waals surface area (Å²) in [5, 5.41) is 7.72. The van der Waals surface area contributed by atoms with Crippen LogP contribution in [0.4, 0.5) is 11.8 Å². The lowest BCUT2D eigenvalue weighted by Crippen LogP contribution is -2.34. The summed E-state index contributed by atoms with van der Waals surface area (Å²) < 4.78 is 0. The number of carbonyl (C=O) groups is 1. The van der Waals surface area contributed by atoms with Gasteiger partial charge in [0.05, 0.1) is 5.52 Å². The standard InChI is InChI=1S/C25H31N5O/c1-17-7-6-8-19(15-17)24(31)26-16-18-11-13-20(14-12-18)27-25-28-22-10-5-4-9-21(22)23(29-25)30(2)3/h4-10,15,18,20H,11-14,16H2,1-3H3,(H,26,31)(H,27,28,29). The van der Waals surface area contributed by atoms with Gasteiger partial charge in [-0.25, -0.2) is 4.98 Å².